The lowest BCUT2D eigenvalue weighted by molar-refractivity contribution is 0.0697. The molecule has 2 aliphatic heterocycles. The predicted molar refractivity (Wildman–Crippen MR) is 74.2 cm³/mol. The largest absolute Gasteiger partial charge is 0.478 e. The Morgan fingerprint density at radius 3 is 2.50 bits per heavy atom. The van der Waals surface area contributed by atoms with Crippen LogP contribution >= 0.6 is 0 Å². The third-order valence-corrected chi connectivity index (χ3v) is 5.80. The van der Waals surface area contributed by atoms with Crippen molar-refractivity contribution >= 4 is 21.9 Å². The molecule has 1 aromatic rings. The van der Waals surface area contributed by atoms with Crippen LogP contribution in [0.1, 0.15) is 28.8 Å². The minimum atomic E-state index is -3.47. The smallest absolute Gasteiger partial charge is 0.335 e. The molecular weight excluding hydrogens is 280 g/mol. The second kappa shape index (κ2) is 4.75. The Hall–Kier alpha value is -1.60. The van der Waals surface area contributed by atoms with Gasteiger partial charge in [0.1, 0.15) is 0 Å². The van der Waals surface area contributed by atoms with Crippen LogP contribution in [0.15, 0.2) is 18.2 Å². The van der Waals surface area contributed by atoms with Gasteiger partial charge in [-0.25, -0.2) is 4.79 Å². The molecule has 0 atom stereocenters. The summed E-state index contributed by atoms with van der Waals surface area (Å²) in [5, 5.41) is 8.97. The van der Waals surface area contributed by atoms with E-state index in [-0.39, 0.29) is 5.56 Å². The van der Waals surface area contributed by atoms with Crippen LogP contribution in [0.2, 0.25) is 0 Å². The van der Waals surface area contributed by atoms with Gasteiger partial charge in [0, 0.05) is 19.6 Å². The third kappa shape index (κ3) is 2.06. The number of aromatic carboxylic acids is 1. The molecule has 6 nitrogen and oxygen atoms in total. The lowest BCUT2D eigenvalue weighted by Gasteiger charge is -2.25. The topological polar surface area (TPSA) is 77.9 Å². The number of benzene rings is 1. The molecule has 0 radical (unpaired) electrons. The van der Waals surface area contributed by atoms with Crippen LogP contribution in [-0.4, -0.2) is 43.4 Å². The number of nitrogens with zero attached hydrogens (tertiary/aromatic N) is 2. The number of carboxylic acid groups (broad SMARTS) is 1. The minimum absolute atomic E-state index is 0.198. The van der Waals surface area contributed by atoms with E-state index in [9.17, 15) is 13.2 Å². The average Bonchev–Trinajstić information content (AvgIpc) is 3.07. The molecular formula is C13H16N2O4S. The van der Waals surface area contributed by atoms with Gasteiger partial charge >= 0.3 is 16.2 Å². The number of fused-ring (bicyclic) bond motifs is 1. The molecule has 1 aromatic carbocycles. The van der Waals surface area contributed by atoms with Crippen LogP contribution in [0.3, 0.4) is 0 Å². The number of hydrogen-bond donors (Lipinski definition) is 1. The predicted octanol–water partition coefficient (Wildman–Crippen LogP) is 1.09. The van der Waals surface area contributed by atoms with Crippen molar-refractivity contribution in [2.75, 3.05) is 23.9 Å². The molecule has 2 heterocycles. The first kappa shape index (κ1) is 13.4. The van der Waals surface area contributed by atoms with Crippen molar-refractivity contribution in [3.8, 4) is 0 Å². The van der Waals surface area contributed by atoms with Crippen molar-refractivity contribution < 1.29 is 18.3 Å². The Morgan fingerprint density at radius 1 is 1.15 bits per heavy atom. The molecule has 0 unspecified atom stereocenters. The maximum Gasteiger partial charge on any atom is 0.335 e. The quantitative estimate of drug-likeness (QED) is 0.905. The van der Waals surface area contributed by atoms with Crippen LogP contribution in [-0.2, 0) is 16.6 Å². The third-order valence-electron chi connectivity index (χ3n) is 3.85. The van der Waals surface area contributed by atoms with E-state index in [0.717, 1.165) is 18.4 Å². The second-order valence-electron chi connectivity index (χ2n) is 5.08. The Bertz CT molecular complexity index is 650. The van der Waals surface area contributed by atoms with Crippen molar-refractivity contribution in [2.24, 2.45) is 0 Å². The van der Waals surface area contributed by atoms with Crippen LogP contribution in [0, 0.1) is 0 Å². The summed E-state index contributed by atoms with van der Waals surface area (Å²) in [5.41, 5.74) is 1.60. The average molecular weight is 296 g/mol. The zero-order valence-electron chi connectivity index (χ0n) is 10.9. The summed E-state index contributed by atoms with van der Waals surface area (Å²) in [5.74, 6) is -0.992. The minimum Gasteiger partial charge on any atom is -0.478 e. The molecule has 0 spiro atoms. The lowest BCUT2D eigenvalue weighted by Crippen LogP contribution is -2.41. The SMILES string of the molecule is O=C(O)c1ccc2c(c1)CCN2S(=O)(=O)N1CCCC1. The zero-order chi connectivity index (χ0) is 14.3. The highest BCUT2D eigenvalue weighted by Gasteiger charge is 2.35. The van der Waals surface area contributed by atoms with Crippen LogP contribution in [0.25, 0.3) is 0 Å². The van der Waals surface area contributed by atoms with E-state index in [0.29, 0.717) is 31.7 Å². The van der Waals surface area contributed by atoms with E-state index in [1.165, 1.54) is 14.7 Å². The monoisotopic (exact) mass is 296 g/mol. The summed E-state index contributed by atoms with van der Waals surface area (Å²) in [7, 11) is -3.47. The summed E-state index contributed by atoms with van der Waals surface area (Å²) in [6, 6.07) is 4.62. The van der Waals surface area contributed by atoms with Gasteiger partial charge in [-0.2, -0.15) is 12.7 Å². The normalized spacial score (nSPS) is 19.3. The van der Waals surface area contributed by atoms with Gasteiger partial charge in [-0.15, -0.1) is 0 Å². The van der Waals surface area contributed by atoms with Gasteiger partial charge in [0.25, 0.3) is 0 Å². The van der Waals surface area contributed by atoms with Gasteiger partial charge in [-0.3, -0.25) is 4.31 Å². The molecule has 108 valence electrons. The van der Waals surface area contributed by atoms with Gasteiger partial charge in [-0.1, -0.05) is 0 Å². The summed E-state index contributed by atoms with van der Waals surface area (Å²) in [6.07, 6.45) is 2.36. The first-order valence-corrected chi connectivity index (χ1v) is 8.04. The highest BCUT2D eigenvalue weighted by Crippen LogP contribution is 2.33. The molecule has 0 saturated carbocycles. The van der Waals surface area contributed by atoms with E-state index in [2.05, 4.69) is 0 Å². The Morgan fingerprint density at radius 2 is 1.85 bits per heavy atom. The summed E-state index contributed by atoms with van der Waals surface area (Å²) >= 11 is 0. The molecule has 20 heavy (non-hydrogen) atoms. The number of rotatable bonds is 3. The van der Waals surface area contributed by atoms with Crippen molar-refractivity contribution in [3.63, 3.8) is 0 Å². The summed E-state index contributed by atoms with van der Waals surface area (Å²) in [4.78, 5) is 10.9. The molecule has 0 aromatic heterocycles. The number of hydrogen-bond acceptors (Lipinski definition) is 3. The van der Waals surface area contributed by atoms with Crippen molar-refractivity contribution in [3.05, 3.63) is 29.3 Å². The highest BCUT2D eigenvalue weighted by atomic mass is 32.2. The van der Waals surface area contributed by atoms with E-state index >= 15 is 0 Å². The number of anilines is 1. The fraction of sp³-hybridized carbons (Fsp3) is 0.462. The molecule has 2 aliphatic rings. The first-order chi connectivity index (χ1) is 9.50. The first-order valence-electron chi connectivity index (χ1n) is 6.64. The fourth-order valence-electron chi connectivity index (χ4n) is 2.80. The maximum absolute atomic E-state index is 12.6. The second-order valence-corrected chi connectivity index (χ2v) is 6.94. The fourth-order valence-corrected chi connectivity index (χ4v) is 4.55. The standard InChI is InChI=1S/C13H16N2O4S/c16-13(17)11-3-4-12-10(9-11)5-8-15(12)20(18,19)14-6-1-2-7-14/h3-4,9H,1-2,5-8H2,(H,16,17). The van der Waals surface area contributed by atoms with E-state index < -0.39 is 16.2 Å². The van der Waals surface area contributed by atoms with Crippen LogP contribution in [0.5, 0.6) is 0 Å². The van der Waals surface area contributed by atoms with Crippen molar-refractivity contribution in [1.82, 2.24) is 4.31 Å². The van der Waals surface area contributed by atoms with Crippen LogP contribution < -0.4 is 4.31 Å². The van der Waals surface area contributed by atoms with Gasteiger partial charge in [-0.05, 0) is 43.0 Å². The molecule has 7 heteroatoms. The van der Waals surface area contributed by atoms with Crippen molar-refractivity contribution in [1.29, 1.82) is 0 Å². The number of carboxylic acids is 1. The zero-order valence-corrected chi connectivity index (χ0v) is 11.8. The van der Waals surface area contributed by atoms with Crippen LogP contribution in [0.4, 0.5) is 5.69 Å². The molecule has 0 amide bonds. The van der Waals surface area contributed by atoms with Gasteiger partial charge in [0.2, 0.25) is 0 Å². The maximum atomic E-state index is 12.6. The molecule has 3 rings (SSSR count). The van der Waals surface area contributed by atoms with Gasteiger partial charge in [0.15, 0.2) is 0 Å². The van der Waals surface area contributed by atoms with Crippen molar-refractivity contribution in [2.45, 2.75) is 19.3 Å². The molecule has 0 bridgehead atoms. The highest BCUT2D eigenvalue weighted by molar-refractivity contribution is 7.90. The Kier molecular flexibility index (Phi) is 3.18. The van der Waals surface area contributed by atoms with Gasteiger partial charge in [0.05, 0.1) is 11.3 Å². The summed E-state index contributed by atoms with van der Waals surface area (Å²) in [6.45, 7) is 1.53. The van der Waals surface area contributed by atoms with Gasteiger partial charge < -0.3 is 5.11 Å². The Labute approximate surface area is 117 Å². The Balaban J connectivity index is 1.95. The lowest BCUT2D eigenvalue weighted by atomic mass is 10.1. The summed E-state index contributed by atoms with van der Waals surface area (Å²) < 4.78 is 28.0. The molecule has 1 N–H and O–H groups in total. The molecule has 1 saturated heterocycles. The molecule has 0 aliphatic carbocycles. The molecule has 1 fully saturated rings. The van der Waals surface area contributed by atoms with E-state index in [4.69, 9.17) is 5.11 Å². The van der Waals surface area contributed by atoms with E-state index in [1.54, 1.807) is 12.1 Å². The van der Waals surface area contributed by atoms with E-state index in [1.807, 2.05) is 0 Å². The number of carbonyl (C=O) groups is 1.